The first-order valence-corrected chi connectivity index (χ1v) is 6.68. The number of aromatic nitrogens is 2. The Balaban J connectivity index is 1.83. The highest BCUT2D eigenvalue weighted by Gasteiger charge is 2.04. The highest BCUT2D eigenvalue weighted by Crippen LogP contribution is 2.25. The fourth-order valence-electron chi connectivity index (χ4n) is 1.92. The van der Waals surface area contributed by atoms with Crippen molar-refractivity contribution in [3.63, 3.8) is 0 Å². The van der Waals surface area contributed by atoms with E-state index in [9.17, 15) is 0 Å². The van der Waals surface area contributed by atoms with Gasteiger partial charge in [0, 0.05) is 6.54 Å². The van der Waals surface area contributed by atoms with Crippen molar-refractivity contribution in [3.8, 4) is 0 Å². The van der Waals surface area contributed by atoms with Crippen molar-refractivity contribution in [2.24, 2.45) is 0 Å². The van der Waals surface area contributed by atoms with Crippen LogP contribution in [0.15, 0.2) is 42.0 Å². The molecule has 0 atom stereocenters. The van der Waals surface area contributed by atoms with Gasteiger partial charge in [-0.2, -0.15) is 0 Å². The third-order valence-electron chi connectivity index (χ3n) is 2.79. The van der Waals surface area contributed by atoms with Gasteiger partial charge in [0.1, 0.15) is 12.1 Å². The normalized spacial score (nSPS) is 10.7. The third-order valence-corrected chi connectivity index (χ3v) is 3.70. The van der Waals surface area contributed by atoms with E-state index in [1.165, 1.54) is 11.1 Å². The minimum atomic E-state index is 0.783. The van der Waals surface area contributed by atoms with Gasteiger partial charge in [0.25, 0.3) is 0 Å². The molecule has 90 valence electrons. The van der Waals surface area contributed by atoms with E-state index in [4.69, 9.17) is 0 Å². The van der Waals surface area contributed by atoms with Crippen LogP contribution in [0.2, 0.25) is 0 Å². The zero-order chi connectivity index (χ0) is 12.4. The number of hydrogen-bond acceptors (Lipinski definition) is 4. The molecule has 0 amide bonds. The topological polar surface area (TPSA) is 37.8 Å². The zero-order valence-electron chi connectivity index (χ0n) is 10.1. The lowest BCUT2D eigenvalue weighted by Crippen LogP contribution is -2.01. The van der Waals surface area contributed by atoms with Gasteiger partial charge < -0.3 is 5.32 Å². The summed E-state index contributed by atoms with van der Waals surface area (Å²) in [6.07, 6.45) is 1.60. The number of nitrogens with zero attached hydrogens (tertiary/aromatic N) is 2. The van der Waals surface area contributed by atoms with Gasteiger partial charge in [0.15, 0.2) is 0 Å². The van der Waals surface area contributed by atoms with Crippen LogP contribution in [0.25, 0.3) is 10.2 Å². The molecule has 2 aromatic heterocycles. The van der Waals surface area contributed by atoms with E-state index in [0.29, 0.717) is 0 Å². The SMILES string of the molecule is Cc1cccc(CNc2ncnc3ccsc23)c1. The van der Waals surface area contributed by atoms with Crippen LogP contribution < -0.4 is 5.32 Å². The van der Waals surface area contributed by atoms with Gasteiger partial charge in [-0.1, -0.05) is 29.8 Å². The molecular weight excluding hydrogens is 242 g/mol. The molecule has 0 saturated carbocycles. The van der Waals surface area contributed by atoms with Crippen LogP contribution in [0.5, 0.6) is 0 Å². The van der Waals surface area contributed by atoms with Crippen molar-refractivity contribution < 1.29 is 0 Å². The molecule has 18 heavy (non-hydrogen) atoms. The van der Waals surface area contributed by atoms with Gasteiger partial charge in [-0.05, 0) is 23.9 Å². The Labute approximate surface area is 110 Å². The van der Waals surface area contributed by atoms with Crippen molar-refractivity contribution >= 4 is 27.4 Å². The number of anilines is 1. The second kappa shape index (κ2) is 4.74. The number of fused-ring (bicyclic) bond motifs is 1. The monoisotopic (exact) mass is 255 g/mol. The maximum atomic E-state index is 4.30. The highest BCUT2D eigenvalue weighted by atomic mass is 32.1. The lowest BCUT2D eigenvalue weighted by atomic mass is 10.1. The average Bonchev–Trinajstić information content (AvgIpc) is 2.85. The van der Waals surface area contributed by atoms with Crippen molar-refractivity contribution in [2.75, 3.05) is 5.32 Å². The molecule has 0 spiro atoms. The third kappa shape index (κ3) is 2.19. The summed E-state index contributed by atoms with van der Waals surface area (Å²) in [6.45, 7) is 2.89. The fourth-order valence-corrected chi connectivity index (χ4v) is 2.73. The average molecular weight is 255 g/mol. The largest absolute Gasteiger partial charge is 0.365 e. The number of thiophene rings is 1. The Morgan fingerprint density at radius 1 is 1.22 bits per heavy atom. The second-order valence-electron chi connectivity index (χ2n) is 4.20. The molecule has 2 heterocycles. The quantitative estimate of drug-likeness (QED) is 0.777. The summed E-state index contributed by atoms with van der Waals surface area (Å²) in [5, 5.41) is 5.42. The standard InChI is InChI=1S/C14H13N3S/c1-10-3-2-4-11(7-10)8-15-14-13-12(5-6-18-13)16-9-17-14/h2-7,9H,8H2,1H3,(H,15,16,17). The lowest BCUT2D eigenvalue weighted by molar-refractivity contribution is 1.10. The summed E-state index contributed by atoms with van der Waals surface area (Å²) < 4.78 is 1.12. The van der Waals surface area contributed by atoms with Gasteiger partial charge in [-0.25, -0.2) is 9.97 Å². The molecule has 0 aliphatic heterocycles. The molecule has 0 bridgehead atoms. The van der Waals surface area contributed by atoms with Crippen molar-refractivity contribution in [3.05, 3.63) is 53.2 Å². The fraction of sp³-hybridized carbons (Fsp3) is 0.143. The minimum absolute atomic E-state index is 0.783. The van der Waals surface area contributed by atoms with E-state index in [0.717, 1.165) is 22.6 Å². The van der Waals surface area contributed by atoms with Crippen LogP contribution in [0.4, 0.5) is 5.82 Å². The predicted octanol–water partition coefficient (Wildman–Crippen LogP) is 3.61. The van der Waals surface area contributed by atoms with Crippen molar-refractivity contribution in [2.45, 2.75) is 13.5 Å². The number of hydrogen-bond donors (Lipinski definition) is 1. The maximum absolute atomic E-state index is 4.30. The number of aryl methyl sites for hydroxylation is 1. The molecule has 3 aromatic rings. The Bertz CT molecular complexity index is 675. The Morgan fingerprint density at radius 3 is 3.06 bits per heavy atom. The first-order valence-electron chi connectivity index (χ1n) is 5.80. The van der Waals surface area contributed by atoms with Crippen LogP contribution in [-0.2, 0) is 6.54 Å². The number of nitrogens with one attached hydrogen (secondary N) is 1. The predicted molar refractivity (Wildman–Crippen MR) is 75.9 cm³/mol. The van der Waals surface area contributed by atoms with Crippen LogP contribution in [0.1, 0.15) is 11.1 Å². The van der Waals surface area contributed by atoms with Crippen LogP contribution in [-0.4, -0.2) is 9.97 Å². The van der Waals surface area contributed by atoms with Crippen LogP contribution in [0.3, 0.4) is 0 Å². The van der Waals surface area contributed by atoms with E-state index < -0.39 is 0 Å². The number of benzene rings is 1. The lowest BCUT2D eigenvalue weighted by Gasteiger charge is -2.06. The molecule has 3 rings (SSSR count). The Hall–Kier alpha value is -1.94. The van der Waals surface area contributed by atoms with Gasteiger partial charge in [-0.3, -0.25) is 0 Å². The minimum Gasteiger partial charge on any atom is -0.365 e. The van der Waals surface area contributed by atoms with Gasteiger partial charge in [0.05, 0.1) is 10.2 Å². The Kier molecular flexibility index (Phi) is 2.94. The van der Waals surface area contributed by atoms with E-state index in [1.54, 1.807) is 17.7 Å². The van der Waals surface area contributed by atoms with Gasteiger partial charge in [-0.15, -0.1) is 11.3 Å². The molecular formula is C14H13N3S. The zero-order valence-corrected chi connectivity index (χ0v) is 10.9. The molecule has 1 N–H and O–H groups in total. The molecule has 0 aliphatic carbocycles. The molecule has 0 fully saturated rings. The van der Waals surface area contributed by atoms with Crippen LogP contribution in [0, 0.1) is 6.92 Å². The molecule has 0 radical (unpaired) electrons. The maximum Gasteiger partial charge on any atom is 0.147 e. The summed E-state index contributed by atoms with van der Waals surface area (Å²) in [4.78, 5) is 8.54. The van der Waals surface area contributed by atoms with E-state index >= 15 is 0 Å². The smallest absolute Gasteiger partial charge is 0.147 e. The second-order valence-corrected chi connectivity index (χ2v) is 5.12. The van der Waals surface area contributed by atoms with Crippen LogP contribution >= 0.6 is 11.3 Å². The molecule has 0 unspecified atom stereocenters. The number of rotatable bonds is 3. The van der Waals surface area contributed by atoms with Crippen molar-refractivity contribution in [1.82, 2.24) is 9.97 Å². The van der Waals surface area contributed by atoms with E-state index in [2.05, 4.69) is 46.5 Å². The Morgan fingerprint density at radius 2 is 2.17 bits per heavy atom. The van der Waals surface area contributed by atoms with Gasteiger partial charge in [0.2, 0.25) is 0 Å². The molecule has 1 aromatic carbocycles. The summed E-state index contributed by atoms with van der Waals surface area (Å²) >= 11 is 1.66. The molecule has 3 nitrogen and oxygen atoms in total. The summed E-state index contributed by atoms with van der Waals surface area (Å²) in [5.74, 6) is 0.913. The van der Waals surface area contributed by atoms with Gasteiger partial charge >= 0.3 is 0 Å². The molecule has 4 heteroatoms. The summed E-state index contributed by atoms with van der Waals surface area (Å²) in [7, 11) is 0. The molecule has 0 saturated heterocycles. The van der Waals surface area contributed by atoms with Crippen molar-refractivity contribution in [1.29, 1.82) is 0 Å². The van der Waals surface area contributed by atoms with E-state index in [1.807, 2.05) is 11.4 Å². The first kappa shape index (κ1) is 11.2. The summed E-state index contributed by atoms with van der Waals surface area (Å²) in [6, 6.07) is 10.5. The highest BCUT2D eigenvalue weighted by molar-refractivity contribution is 7.17. The molecule has 0 aliphatic rings. The van der Waals surface area contributed by atoms with E-state index in [-0.39, 0.29) is 0 Å². The first-order chi connectivity index (χ1) is 8.83. The summed E-state index contributed by atoms with van der Waals surface area (Å²) in [5.41, 5.74) is 3.54.